The fourth-order valence-electron chi connectivity index (χ4n) is 3.97. The Balaban J connectivity index is 1.80. The van der Waals surface area contributed by atoms with Gasteiger partial charge in [0.1, 0.15) is 0 Å². The molecule has 0 saturated carbocycles. The molecule has 1 aliphatic rings. The average molecular weight is 490 g/mol. The fraction of sp³-hybridized carbons (Fsp3) is 0.250. The summed E-state index contributed by atoms with van der Waals surface area (Å²) < 4.78 is 16.2. The predicted octanol–water partition coefficient (Wildman–Crippen LogP) is 5.36. The molecular formula is C24H21Cl2NO6. The number of para-hydroxylation sites is 1. The quantitative estimate of drug-likeness (QED) is 0.338. The van der Waals surface area contributed by atoms with E-state index in [-0.39, 0.29) is 22.9 Å². The summed E-state index contributed by atoms with van der Waals surface area (Å²) >= 11 is 12.3. The molecule has 1 amide bonds. The molecule has 0 fully saturated rings. The molecule has 1 aromatic heterocycles. The van der Waals surface area contributed by atoms with E-state index in [1.165, 1.54) is 12.0 Å². The van der Waals surface area contributed by atoms with Crippen LogP contribution in [0.3, 0.4) is 0 Å². The maximum absolute atomic E-state index is 13.6. The largest absolute Gasteiger partial charge is 0.503 e. The van der Waals surface area contributed by atoms with Gasteiger partial charge in [0, 0.05) is 25.6 Å². The number of halogens is 2. The van der Waals surface area contributed by atoms with Gasteiger partial charge in [-0.1, -0.05) is 41.4 Å². The van der Waals surface area contributed by atoms with Gasteiger partial charge in [-0.2, -0.15) is 0 Å². The molecular weight excluding hydrogens is 469 g/mol. The second kappa shape index (κ2) is 9.47. The van der Waals surface area contributed by atoms with Gasteiger partial charge in [-0.15, -0.1) is 0 Å². The Hall–Kier alpha value is -3.00. The third kappa shape index (κ3) is 4.19. The van der Waals surface area contributed by atoms with Crippen LogP contribution >= 0.6 is 23.2 Å². The minimum absolute atomic E-state index is 0.0207. The summed E-state index contributed by atoms with van der Waals surface area (Å²) in [4.78, 5) is 28.0. The lowest BCUT2D eigenvalue weighted by Crippen LogP contribution is -2.32. The molecule has 1 N–H and O–H groups in total. The lowest BCUT2D eigenvalue weighted by Gasteiger charge is -2.26. The number of rotatable bonds is 8. The Labute approximate surface area is 200 Å². The lowest BCUT2D eigenvalue weighted by atomic mass is 9.95. The number of furan rings is 1. The molecule has 1 aliphatic heterocycles. The molecule has 1 unspecified atom stereocenters. The Morgan fingerprint density at radius 2 is 1.94 bits per heavy atom. The number of ether oxygens (including phenoxy) is 2. The zero-order valence-electron chi connectivity index (χ0n) is 17.9. The van der Waals surface area contributed by atoms with E-state index in [4.69, 9.17) is 37.1 Å². The van der Waals surface area contributed by atoms with Crippen LogP contribution in [-0.4, -0.2) is 49.1 Å². The Morgan fingerprint density at radius 1 is 1.15 bits per heavy atom. The third-order valence-corrected chi connectivity index (χ3v) is 6.25. The Bertz CT molecular complexity index is 1270. The van der Waals surface area contributed by atoms with Gasteiger partial charge < -0.3 is 23.9 Å². The van der Waals surface area contributed by atoms with Crippen molar-refractivity contribution >= 4 is 45.9 Å². The summed E-state index contributed by atoms with van der Waals surface area (Å²) in [6.45, 7) is 0.664. The molecule has 0 aliphatic carbocycles. The van der Waals surface area contributed by atoms with E-state index >= 15 is 0 Å². The minimum atomic E-state index is -0.869. The van der Waals surface area contributed by atoms with Crippen LogP contribution in [-0.2, 0) is 9.53 Å². The van der Waals surface area contributed by atoms with Gasteiger partial charge in [0.2, 0.25) is 5.78 Å². The highest BCUT2D eigenvalue weighted by molar-refractivity contribution is 6.42. The van der Waals surface area contributed by atoms with Crippen molar-refractivity contribution in [3.05, 3.63) is 75.2 Å². The molecule has 0 radical (unpaired) electrons. The maximum Gasteiger partial charge on any atom is 0.290 e. The van der Waals surface area contributed by atoms with Crippen molar-refractivity contribution in [2.45, 2.75) is 12.5 Å². The standard InChI is InChI=1S/C24H21Cl2NO6/c1-31-10-4-9-27-20(13-7-8-15(25)16(26)11-13)19(22(29)24(27)30)21(28)18-12-14-5-3-6-17(32-2)23(14)33-18/h3,5-8,11-12,20,29H,4,9-10H2,1-2H3. The molecule has 0 bridgehead atoms. The first kappa shape index (κ1) is 23.2. The van der Waals surface area contributed by atoms with E-state index in [2.05, 4.69) is 0 Å². The van der Waals surface area contributed by atoms with Gasteiger partial charge in [-0.05, 0) is 36.2 Å². The van der Waals surface area contributed by atoms with E-state index in [1.54, 1.807) is 49.6 Å². The number of nitrogens with zero attached hydrogens (tertiary/aromatic N) is 1. The van der Waals surface area contributed by atoms with Gasteiger partial charge in [0.05, 0.1) is 28.8 Å². The molecule has 4 rings (SSSR count). The van der Waals surface area contributed by atoms with E-state index < -0.39 is 23.5 Å². The summed E-state index contributed by atoms with van der Waals surface area (Å²) in [7, 11) is 3.06. The number of benzene rings is 2. The smallest absolute Gasteiger partial charge is 0.290 e. The van der Waals surface area contributed by atoms with Gasteiger partial charge in [0.25, 0.3) is 5.91 Å². The van der Waals surface area contributed by atoms with Crippen molar-refractivity contribution in [3.8, 4) is 5.75 Å². The first-order chi connectivity index (χ1) is 15.9. The highest BCUT2D eigenvalue weighted by Gasteiger charge is 2.44. The summed E-state index contributed by atoms with van der Waals surface area (Å²) in [6.07, 6.45) is 0.511. The number of methoxy groups -OCH3 is 2. The zero-order chi connectivity index (χ0) is 23.7. The number of amides is 1. The monoisotopic (exact) mass is 489 g/mol. The van der Waals surface area contributed by atoms with Gasteiger partial charge in [-0.3, -0.25) is 9.59 Å². The van der Waals surface area contributed by atoms with Crippen molar-refractivity contribution < 1.29 is 28.6 Å². The van der Waals surface area contributed by atoms with E-state index in [1.807, 2.05) is 0 Å². The summed E-state index contributed by atoms with van der Waals surface area (Å²) in [6, 6.07) is 10.8. The van der Waals surface area contributed by atoms with Crippen LogP contribution in [0.2, 0.25) is 10.0 Å². The molecule has 172 valence electrons. The van der Waals surface area contributed by atoms with Crippen molar-refractivity contribution in [2.24, 2.45) is 0 Å². The number of ketones is 1. The number of aliphatic hydroxyl groups is 1. The summed E-state index contributed by atoms with van der Waals surface area (Å²) in [5, 5.41) is 12.0. The molecule has 0 saturated heterocycles. The Kier molecular flexibility index (Phi) is 6.65. The average Bonchev–Trinajstić information content (AvgIpc) is 3.35. The summed E-state index contributed by atoms with van der Waals surface area (Å²) in [5.74, 6) is -1.44. The number of fused-ring (bicyclic) bond motifs is 1. The van der Waals surface area contributed by atoms with Crippen LogP contribution in [0.25, 0.3) is 11.0 Å². The predicted molar refractivity (Wildman–Crippen MR) is 124 cm³/mol. The third-order valence-electron chi connectivity index (χ3n) is 5.51. The SMILES string of the molecule is COCCCN1C(=O)C(O)=C(C(=O)c2cc3cccc(OC)c3o2)C1c1ccc(Cl)c(Cl)c1. The van der Waals surface area contributed by atoms with Crippen LogP contribution < -0.4 is 4.74 Å². The van der Waals surface area contributed by atoms with Gasteiger partial charge in [-0.25, -0.2) is 0 Å². The van der Waals surface area contributed by atoms with E-state index in [0.29, 0.717) is 40.3 Å². The first-order valence-electron chi connectivity index (χ1n) is 10.2. The van der Waals surface area contributed by atoms with Crippen LogP contribution in [0.4, 0.5) is 0 Å². The van der Waals surface area contributed by atoms with Crippen LogP contribution in [0.15, 0.2) is 58.2 Å². The number of hydrogen-bond acceptors (Lipinski definition) is 6. The molecule has 2 heterocycles. The fourth-order valence-corrected chi connectivity index (χ4v) is 4.27. The van der Waals surface area contributed by atoms with E-state index in [9.17, 15) is 14.7 Å². The lowest BCUT2D eigenvalue weighted by molar-refractivity contribution is -0.129. The number of carbonyl (C=O) groups excluding carboxylic acids is 2. The van der Waals surface area contributed by atoms with Crippen molar-refractivity contribution in [3.63, 3.8) is 0 Å². The minimum Gasteiger partial charge on any atom is -0.503 e. The molecule has 2 aromatic carbocycles. The van der Waals surface area contributed by atoms with Crippen LogP contribution in [0, 0.1) is 0 Å². The highest BCUT2D eigenvalue weighted by Crippen LogP contribution is 2.41. The number of Topliss-reactive ketones (excluding diaryl/α,β-unsaturated/α-hetero) is 1. The molecule has 1 atom stereocenters. The normalized spacial score (nSPS) is 16.2. The topological polar surface area (TPSA) is 89.2 Å². The van der Waals surface area contributed by atoms with Gasteiger partial charge in [0.15, 0.2) is 22.9 Å². The van der Waals surface area contributed by atoms with E-state index in [0.717, 1.165) is 0 Å². The number of aliphatic hydroxyl groups excluding tert-OH is 1. The van der Waals surface area contributed by atoms with Crippen molar-refractivity contribution in [1.29, 1.82) is 0 Å². The zero-order valence-corrected chi connectivity index (χ0v) is 19.4. The molecule has 33 heavy (non-hydrogen) atoms. The van der Waals surface area contributed by atoms with Crippen molar-refractivity contribution in [2.75, 3.05) is 27.4 Å². The maximum atomic E-state index is 13.6. The van der Waals surface area contributed by atoms with Gasteiger partial charge >= 0.3 is 0 Å². The summed E-state index contributed by atoms with van der Waals surface area (Å²) in [5.41, 5.74) is 0.848. The number of hydrogen-bond donors (Lipinski definition) is 1. The van der Waals surface area contributed by atoms with Crippen LogP contribution in [0.1, 0.15) is 28.6 Å². The number of carbonyl (C=O) groups is 2. The first-order valence-corrected chi connectivity index (χ1v) is 10.9. The van der Waals surface area contributed by atoms with Crippen LogP contribution in [0.5, 0.6) is 5.75 Å². The molecule has 7 nitrogen and oxygen atoms in total. The second-order valence-corrected chi connectivity index (χ2v) is 8.32. The highest BCUT2D eigenvalue weighted by atomic mass is 35.5. The Morgan fingerprint density at radius 3 is 2.64 bits per heavy atom. The molecule has 3 aromatic rings. The van der Waals surface area contributed by atoms with Crippen molar-refractivity contribution in [1.82, 2.24) is 4.90 Å². The second-order valence-electron chi connectivity index (χ2n) is 7.50. The molecule has 9 heteroatoms. The molecule has 0 spiro atoms.